The van der Waals surface area contributed by atoms with Crippen molar-refractivity contribution in [2.24, 2.45) is 0 Å². The van der Waals surface area contributed by atoms with E-state index in [0.29, 0.717) is 5.52 Å². The van der Waals surface area contributed by atoms with Gasteiger partial charge in [0, 0.05) is 0 Å². The third kappa shape index (κ3) is 0.808. The number of aromatic amines is 1. The van der Waals surface area contributed by atoms with Crippen LogP contribution in [-0.4, -0.2) is 4.98 Å². The van der Waals surface area contributed by atoms with Crippen LogP contribution in [0, 0.1) is 17.8 Å². The fraction of sp³-hybridized carbons (Fsp3) is 0. The summed E-state index contributed by atoms with van der Waals surface area (Å²) in [5.74, 6) is -1.23. The second kappa shape index (κ2) is 2.05. The highest BCUT2D eigenvalue weighted by Gasteiger charge is 2.06. The van der Waals surface area contributed by atoms with Crippen LogP contribution < -0.4 is 0 Å². The van der Waals surface area contributed by atoms with E-state index >= 15 is 0 Å². The largest absolute Gasteiger partial charge is 0.351 e. The van der Waals surface area contributed by atoms with Gasteiger partial charge in [0.05, 0.1) is 10.9 Å². The predicted octanol–water partition coefficient (Wildman–Crippen LogP) is 2.25. The third-order valence-corrected chi connectivity index (χ3v) is 1.54. The molecule has 0 aliphatic heterocycles. The van der Waals surface area contributed by atoms with Crippen molar-refractivity contribution in [3.63, 3.8) is 0 Å². The van der Waals surface area contributed by atoms with Gasteiger partial charge in [0.2, 0.25) is 0 Å². The Labute approximate surface area is 61.7 Å². The minimum atomic E-state index is -0.668. The average molecular weight is 152 g/mol. The van der Waals surface area contributed by atoms with Crippen LogP contribution in [0.5, 0.6) is 0 Å². The van der Waals surface area contributed by atoms with E-state index in [1.165, 1.54) is 12.1 Å². The zero-order valence-corrected chi connectivity index (χ0v) is 5.49. The van der Waals surface area contributed by atoms with Gasteiger partial charge < -0.3 is 4.98 Å². The van der Waals surface area contributed by atoms with E-state index in [4.69, 9.17) is 0 Å². The van der Waals surface area contributed by atoms with E-state index in [2.05, 4.69) is 11.2 Å². The van der Waals surface area contributed by atoms with E-state index in [1.807, 2.05) is 0 Å². The summed E-state index contributed by atoms with van der Waals surface area (Å²) in [6.07, 6.45) is 2.19. The number of hydrogen-bond donors (Lipinski definition) is 1. The molecule has 1 nitrogen and oxygen atoms in total. The van der Waals surface area contributed by atoms with E-state index in [9.17, 15) is 8.78 Å². The molecule has 0 bridgehead atoms. The first-order valence-electron chi connectivity index (χ1n) is 3.12. The molecule has 11 heavy (non-hydrogen) atoms. The first-order valence-corrected chi connectivity index (χ1v) is 3.12. The Bertz CT molecular complexity index is 392. The van der Waals surface area contributed by atoms with Crippen molar-refractivity contribution in [2.45, 2.75) is 0 Å². The number of hydrogen-bond acceptors (Lipinski definition) is 0. The molecule has 1 radical (unpaired) electrons. The monoisotopic (exact) mass is 152 g/mol. The van der Waals surface area contributed by atoms with Crippen molar-refractivity contribution in [3.05, 3.63) is 36.0 Å². The van der Waals surface area contributed by atoms with Crippen molar-refractivity contribution < 1.29 is 8.78 Å². The minimum absolute atomic E-state index is 0.0208. The number of halogens is 2. The van der Waals surface area contributed by atoms with Crippen molar-refractivity contribution >= 4 is 10.9 Å². The quantitative estimate of drug-likeness (QED) is 0.595. The lowest BCUT2D eigenvalue weighted by atomic mass is 10.2. The van der Waals surface area contributed by atoms with E-state index < -0.39 is 11.6 Å². The Morgan fingerprint density at radius 3 is 2.82 bits per heavy atom. The van der Waals surface area contributed by atoms with Gasteiger partial charge in [0.15, 0.2) is 5.82 Å². The maximum absolute atomic E-state index is 12.8. The van der Waals surface area contributed by atoms with E-state index in [0.717, 1.165) is 0 Å². The van der Waals surface area contributed by atoms with Gasteiger partial charge in [-0.05, 0) is 12.1 Å². The second-order valence-electron chi connectivity index (χ2n) is 2.23. The van der Waals surface area contributed by atoms with Crippen molar-refractivity contribution in [2.75, 3.05) is 0 Å². The molecule has 1 N–H and O–H groups in total. The summed E-state index contributed by atoms with van der Waals surface area (Å²) >= 11 is 0. The fourth-order valence-electron chi connectivity index (χ4n) is 1.04. The van der Waals surface area contributed by atoms with Gasteiger partial charge >= 0.3 is 0 Å². The summed E-state index contributed by atoms with van der Waals surface area (Å²) in [6.45, 7) is 0. The normalized spacial score (nSPS) is 10.7. The fourth-order valence-corrected chi connectivity index (χ4v) is 1.04. The van der Waals surface area contributed by atoms with Gasteiger partial charge in [-0.3, -0.25) is 0 Å². The Balaban J connectivity index is 2.96. The number of rotatable bonds is 0. The molecule has 2 aromatic rings. The minimum Gasteiger partial charge on any atom is -0.351 e. The van der Waals surface area contributed by atoms with Gasteiger partial charge in [0.1, 0.15) is 12.0 Å². The molecule has 2 rings (SSSR count). The van der Waals surface area contributed by atoms with Crippen molar-refractivity contribution in [1.82, 2.24) is 4.98 Å². The molecule has 0 fully saturated rings. The highest BCUT2D eigenvalue weighted by molar-refractivity contribution is 5.80. The van der Waals surface area contributed by atoms with Gasteiger partial charge in [-0.2, -0.15) is 0 Å². The average Bonchev–Trinajstić information content (AvgIpc) is 2.34. The zero-order chi connectivity index (χ0) is 7.84. The maximum Gasteiger partial charge on any atom is 0.161 e. The van der Waals surface area contributed by atoms with Crippen LogP contribution in [0.2, 0.25) is 0 Å². The van der Waals surface area contributed by atoms with Crippen LogP contribution in [-0.2, 0) is 0 Å². The standard InChI is InChI=1S/C8H4F2N/c9-5-2-1-3-7-8(5)6(10)4-11-7/h1-3,11H. The number of benzene rings is 1. The van der Waals surface area contributed by atoms with E-state index in [1.54, 1.807) is 6.07 Å². The lowest BCUT2D eigenvalue weighted by Crippen LogP contribution is -1.76. The smallest absolute Gasteiger partial charge is 0.161 e. The molecule has 1 aromatic carbocycles. The predicted molar refractivity (Wildman–Crippen MR) is 37.1 cm³/mol. The molecular weight excluding hydrogens is 148 g/mol. The molecule has 0 unspecified atom stereocenters. The summed E-state index contributed by atoms with van der Waals surface area (Å²) in [5, 5.41) is -0.0208. The molecule has 1 aromatic heterocycles. The molecule has 55 valence electrons. The van der Waals surface area contributed by atoms with Crippen LogP contribution in [0.4, 0.5) is 8.78 Å². The Morgan fingerprint density at radius 1 is 1.27 bits per heavy atom. The number of H-pyrrole nitrogens is 1. The molecule has 3 heteroatoms. The molecule has 1 heterocycles. The summed E-state index contributed by atoms with van der Waals surface area (Å²) < 4.78 is 25.5. The van der Waals surface area contributed by atoms with Crippen LogP contribution in [0.3, 0.4) is 0 Å². The zero-order valence-electron chi connectivity index (χ0n) is 5.49. The number of fused-ring (bicyclic) bond motifs is 1. The highest BCUT2D eigenvalue weighted by Crippen LogP contribution is 2.18. The molecule has 0 saturated carbocycles. The molecule has 0 aliphatic rings. The first kappa shape index (κ1) is 6.34. The Hall–Kier alpha value is -1.38. The maximum atomic E-state index is 12.8. The molecular formula is C8H4F2N. The van der Waals surface area contributed by atoms with Crippen molar-refractivity contribution in [1.29, 1.82) is 0 Å². The molecule has 0 spiro atoms. The highest BCUT2D eigenvalue weighted by atomic mass is 19.1. The van der Waals surface area contributed by atoms with Gasteiger partial charge in [-0.15, -0.1) is 0 Å². The second-order valence-corrected chi connectivity index (χ2v) is 2.23. The van der Waals surface area contributed by atoms with Crippen LogP contribution in [0.25, 0.3) is 10.9 Å². The van der Waals surface area contributed by atoms with Crippen molar-refractivity contribution in [3.8, 4) is 0 Å². The Kier molecular flexibility index (Phi) is 1.18. The lowest BCUT2D eigenvalue weighted by Gasteiger charge is -1.89. The van der Waals surface area contributed by atoms with Crippen LogP contribution in [0.15, 0.2) is 18.2 Å². The summed E-state index contributed by atoms with van der Waals surface area (Å²) in [4.78, 5) is 2.49. The molecule has 0 atom stereocenters. The summed E-state index contributed by atoms with van der Waals surface area (Å²) in [7, 11) is 0. The summed E-state index contributed by atoms with van der Waals surface area (Å²) in [6, 6.07) is 4.33. The van der Waals surface area contributed by atoms with Gasteiger partial charge in [0.25, 0.3) is 0 Å². The molecule has 0 aliphatic carbocycles. The Morgan fingerprint density at radius 2 is 2.09 bits per heavy atom. The molecule has 0 amide bonds. The topological polar surface area (TPSA) is 15.8 Å². The lowest BCUT2D eigenvalue weighted by molar-refractivity contribution is 0.608. The SMILES string of the molecule is Fc1[c][nH]c2cccc(F)c12. The number of nitrogens with one attached hydrogen (secondary N) is 1. The van der Waals surface area contributed by atoms with Gasteiger partial charge in [-0.1, -0.05) is 6.07 Å². The van der Waals surface area contributed by atoms with Crippen LogP contribution >= 0.6 is 0 Å². The third-order valence-electron chi connectivity index (χ3n) is 1.54. The first-order chi connectivity index (χ1) is 5.29. The summed E-state index contributed by atoms with van der Waals surface area (Å²) in [5.41, 5.74) is 0.433. The number of aromatic nitrogens is 1. The van der Waals surface area contributed by atoms with Crippen LogP contribution in [0.1, 0.15) is 0 Å². The molecule has 0 saturated heterocycles. The van der Waals surface area contributed by atoms with E-state index in [-0.39, 0.29) is 5.39 Å². The van der Waals surface area contributed by atoms with Gasteiger partial charge in [-0.25, -0.2) is 8.78 Å².